The van der Waals surface area contributed by atoms with Gasteiger partial charge in [0.2, 0.25) is 0 Å². The smallest absolute Gasteiger partial charge is 0.153 e. The predicted molar refractivity (Wildman–Crippen MR) is 73.8 cm³/mol. The number of hydrogen-bond donors (Lipinski definition) is 1. The third-order valence-electron chi connectivity index (χ3n) is 2.41. The molecule has 1 rings (SSSR count). The summed E-state index contributed by atoms with van der Waals surface area (Å²) in [6.45, 7) is 2.28. The van der Waals surface area contributed by atoms with Crippen LogP contribution in [0.25, 0.3) is 0 Å². The molecule has 0 fully saturated rings. The van der Waals surface area contributed by atoms with Gasteiger partial charge in [-0.25, -0.2) is 8.42 Å². The lowest BCUT2D eigenvalue weighted by molar-refractivity contribution is 0.337. The Labute approximate surface area is 113 Å². The molecule has 0 amide bonds. The first-order valence-corrected chi connectivity index (χ1v) is 8.00. The zero-order valence-corrected chi connectivity index (χ0v) is 11.9. The lowest BCUT2D eigenvalue weighted by atomic mass is 10.2. The van der Waals surface area contributed by atoms with Crippen LogP contribution in [0.5, 0.6) is 5.75 Å². The Balaban J connectivity index is 2.59. The monoisotopic (exact) mass is 291 g/mol. The van der Waals surface area contributed by atoms with Crippen LogP contribution >= 0.6 is 11.6 Å². The number of ether oxygens (including phenoxy) is 1. The van der Waals surface area contributed by atoms with Crippen molar-refractivity contribution in [3.05, 3.63) is 28.8 Å². The number of hydrogen-bond acceptors (Lipinski definition) is 4. The van der Waals surface area contributed by atoms with E-state index in [1.54, 1.807) is 18.2 Å². The Morgan fingerprint density at radius 3 is 2.67 bits per heavy atom. The second-order valence-corrected chi connectivity index (χ2v) is 6.70. The van der Waals surface area contributed by atoms with E-state index in [1.165, 1.54) is 0 Å². The maximum Gasteiger partial charge on any atom is 0.153 e. The highest BCUT2D eigenvalue weighted by Crippen LogP contribution is 2.22. The fourth-order valence-electron chi connectivity index (χ4n) is 1.54. The van der Waals surface area contributed by atoms with Gasteiger partial charge in [0, 0.05) is 17.1 Å². The Bertz CT molecular complexity index is 488. The first-order valence-electron chi connectivity index (χ1n) is 5.80. The van der Waals surface area contributed by atoms with E-state index in [9.17, 15) is 8.42 Å². The fraction of sp³-hybridized carbons (Fsp3) is 0.500. The van der Waals surface area contributed by atoms with Crippen LogP contribution in [0, 0.1) is 0 Å². The van der Waals surface area contributed by atoms with Crippen molar-refractivity contribution in [3.63, 3.8) is 0 Å². The molecular formula is C12H18ClNO3S. The van der Waals surface area contributed by atoms with Crippen molar-refractivity contribution in [1.29, 1.82) is 0 Å². The van der Waals surface area contributed by atoms with Gasteiger partial charge in [-0.1, -0.05) is 18.5 Å². The molecule has 0 aliphatic carbocycles. The molecule has 1 aromatic carbocycles. The van der Waals surface area contributed by atoms with Crippen LogP contribution in [0.1, 0.15) is 18.9 Å². The van der Waals surface area contributed by atoms with Gasteiger partial charge in [0.05, 0.1) is 11.5 Å². The predicted octanol–water partition coefficient (Wildman–Crippen LogP) is 2.00. The minimum absolute atomic E-state index is 0.0213. The topological polar surface area (TPSA) is 69.4 Å². The van der Waals surface area contributed by atoms with Gasteiger partial charge in [-0.2, -0.15) is 0 Å². The molecule has 0 aromatic heterocycles. The number of rotatable bonds is 7. The normalized spacial score (nSPS) is 11.5. The van der Waals surface area contributed by atoms with Crippen molar-refractivity contribution >= 4 is 21.4 Å². The van der Waals surface area contributed by atoms with E-state index in [4.69, 9.17) is 22.1 Å². The summed E-state index contributed by atoms with van der Waals surface area (Å²) in [5.74, 6) is 0.808. The quantitative estimate of drug-likeness (QED) is 0.834. The molecular weight excluding hydrogens is 274 g/mol. The van der Waals surface area contributed by atoms with Gasteiger partial charge in [-0.3, -0.25) is 0 Å². The van der Waals surface area contributed by atoms with Gasteiger partial charge >= 0.3 is 0 Å². The molecule has 0 bridgehead atoms. The second kappa shape index (κ2) is 6.97. The molecule has 1 aromatic rings. The number of halogens is 1. The summed E-state index contributed by atoms with van der Waals surface area (Å²) in [4.78, 5) is 0. The Hall–Kier alpha value is -0.780. The van der Waals surface area contributed by atoms with Gasteiger partial charge in [-0.15, -0.1) is 0 Å². The Kier molecular flexibility index (Phi) is 5.91. The largest absolute Gasteiger partial charge is 0.492 e. The molecule has 0 spiro atoms. The lowest BCUT2D eigenvalue weighted by Gasteiger charge is -2.10. The Morgan fingerprint density at radius 2 is 2.06 bits per heavy atom. The van der Waals surface area contributed by atoms with Gasteiger partial charge in [0.1, 0.15) is 12.4 Å². The molecule has 0 saturated heterocycles. The van der Waals surface area contributed by atoms with Crippen molar-refractivity contribution in [2.24, 2.45) is 5.73 Å². The van der Waals surface area contributed by atoms with E-state index in [-0.39, 0.29) is 18.1 Å². The SMILES string of the molecule is CCCS(=O)(=O)CCOc1ccc(Cl)cc1CN. The van der Waals surface area contributed by atoms with Crippen molar-refractivity contribution in [1.82, 2.24) is 0 Å². The number of sulfone groups is 1. The minimum Gasteiger partial charge on any atom is -0.492 e. The van der Waals surface area contributed by atoms with Crippen LogP contribution in [0.2, 0.25) is 5.02 Å². The molecule has 0 saturated carbocycles. The van der Waals surface area contributed by atoms with Crippen molar-refractivity contribution in [3.8, 4) is 5.75 Å². The summed E-state index contributed by atoms with van der Waals surface area (Å²) in [5.41, 5.74) is 6.34. The molecule has 0 atom stereocenters. The second-order valence-electron chi connectivity index (χ2n) is 3.96. The number of benzene rings is 1. The zero-order valence-electron chi connectivity index (χ0n) is 10.4. The molecule has 0 aliphatic rings. The fourth-order valence-corrected chi connectivity index (χ4v) is 2.90. The standard InChI is InChI=1S/C12H18ClNO3S/c1-2-6-18(15,16)7-5-17-12-4-3-11(13)8-10(12)9-14/h3-4,8H,2,5-7,9,14H2,1H3. The van der Waals surface area contributed by atoms with Crippen LogP contribution in [0.15, 0.2) is 18.2 Å². The molecule has 2 N–H and O–H groups in total. The molecule has 18 heavy (non-hydrogen) atoms. The molecule has 4 nitrogen and oxygen atoms in total. The zero-order chi connectivity index (χ0) is 13.6. The van der Waals surface area contributed by atoms with Crippen LogP contribution in [-0.2, 0) is 16.4 Å². The first kappa shape index (κ1) is 15.3. The molecule has 0 aliphatic heterocycles. The lowest BCUT2D eigenvalue weighted by Crippen LogP contribution is -2.17. The first-order chi connectivity index (χ1) is 8.48. The highest BCUT2D eigenvalue weighted by Gasteiger charge is 2.10. The van der Waals surface area contributed by atoms with Crippen LogP contribution in [-0.4, -0.2) is 26.5 Å². The van der Waals surface area contributed by atoms with E-state index >= 15 is 0 Å². The summed E-state index contributed by atoms with van der Waals surface area (Å²) in [6, 6.07) is 5.12. The average Bonchev–Trinajstić information content (AvgIpc) is 2.30. The minimum atomic E-state index is -3.01. The van der Waals surface area contributed by atoms with Crippen molar-refractivity contribution < 1.29 is 13.2 Å². The average molecular weight is 292 g/mol. The highest BCUT2D eigenvalue weighted by molar-refractivity contribution is 7.91. The maximum atomic E-state index is 11.5. The third-order valence-corrected chi connectivity index (χ3v) is 4.46. The van der Waals surface area contributed by atoms with Crippen molar-refractivity contribution in [2.45, 2.75) is 19.9 Å². The summed E-state index contributed by atoms with van der Waals surface area (Å²) in [6.07, 6.45) is 0.622. The van der Waals surface area contributed by atoms with E-state index in [2.05, 4.69) is 0 Å². The molecule has 102 valence electrons. The van der Waals surface area contributed by atoms with E-state index in [0.29, 0.717) is 23.7 Å². The van der Waals surface area contributed by atoms with Crippen LogP contribution in [0.4, 0.5) is 0 Å². The Morgan fingerprint density at radius 1 is 1.33 bits per heavy atom. The van der Waals surface area contributed by atoms with Gasteiger partial charge in [0.15, 0.2) is 9.84 Å². The maximum absolute atomic E-state index is 11.5. The highest BCUT2D eigenvalue weighted by atomic mass is 35.5. The number of nitrogens with two attached hydrogens (primary N) is 1. The van der Waals surface area contributed by atoms with Crippen LogP contribution in [0.3, 0.4) is 0 Å². The van der Waals surface area contributed by atoms with E-state index in [0.717, 1.165) is 5.56 Å². The van der Waals surface area contributed by atoms with Crippen LogP contribution < -0.4 is 10.5 Å². The van der Waals surface area contributed by atoms with Gasteiger partial charge in [0.25, 0.3) is 0 Å². The van der Waals surface area contributed by atoms with Gasteiger partial charge < -0.3 is 10.5 Å². The van der Waals surface area contributed by atoms with Gasteiger partial charge in [-0.05, 0) is 24.6 Å². The summed E-state index contributed by atoms with van der Waals surface area (Å²) in [5, 5.41) is 0.585. The summed E-state index contributed by atoms with van der Waals surface area (Å²) < 4.78 is 28.5. The third kappa shape index (κ3) is 4.84. The molecule has 0 unspecified atom stereocenters. The summed E-state index contributed by atoms with van der Waals surface area (Å²) in [7, 11) is -3.01. The molecule has 0 radical (unpaired) electrons. The van der Waals surface area contributed by atoms with Crippen molar-refractivity contribution in [2.75, 3.05) is 18.1 Å². The molecule has 0 heterocycles. The van der Waals surface area contributed by atoms with E-state index in [1.807, 2.05) is 6.92 Å². The molecule has 6 heteroatoms. The van der Waals surface area contributed by atoms with E-state index < -0.39 is 9.84 Å². The summed E-state index contributed by atoms with van der Waals surface area (Å²) >= 11 is 5.84.